The molecule has 0 bridgehead atoms. The van der Waals surface area contributed by atoms with Crippen LogP contribution in [0.2, 0.25) is 0 Å². The molecule has 8 heteroatoms. The van der Waals surface area contributed by atoms with Crippen LogP contribution in [0.5, 0.6) is 0 Å². The number of hydroxylamine groups is 1. The molecule has 0 amide bonds. The molecule has 110 valence electrons. The minimum atomic E-state index is -1.03. The van der Waals surface area contributed by atoms with E-state index in [1.807, 2.05) is 5.48 Å². The van der Waals surface area contributed by atoms with Crippen LogP contribution in [-0.2, 0) is 10.8 Å². The van der Waals surface area contributed by atoms with Crippen molar-refractivity contribution in [3.63, 3.8) is 0 Å². The summed E-state index contributed by atoms with van der Waals surface area (Å²) >= 11 is 3.32. The van der Waals surface area contributed by atoms with Gasteiger partial charge in [-0.2, -0.15) is 4.99 Å². The van der Waals surface area contributed by atoms with Crippen molar-refractivity contribution in [2.45, 2.75) is 4.90 Å². The summed E-state index contributed by atoms with van der Waals surface area (Å²) in [7, 11) is -1.03. The molecule has 0 saturated heterocycles. The lowest BCUT2D eigenvalue weighted by atomic mass is 10.3. The van der Waals surface area contributed by atoms with Gasteiger partial charge in [0.25, 0.3) is 0 Å². The highest BCUT2D eigenvalue weighted by atomic mass is 79.9. The van der Waals surface area contributed by atoms with Crippen LogP contribution in [0.3, 0.4) is 0 Å². The molecule has 1 unspecified atom stereocenters. The summed E-state index contributed by atoms with van der Waals surface area (Å²) < 4.78 is 12.0. The fourth-order valence-corrected chi connectivity index (χ4v) is 2.38. The lowest BCUT2D eigenvalue weighted by Crippen LogP contribution is -2.27. The number of nitrogens with one attached hydrogen (secondary N) is 2. The molecule has 1 atom stereocenters. The SMILES string of the molecule is CS(=O)c1ccc(N/C(=N/c2ncccc2Br)NO)cc1. The largest absolute Gasteiger partial charge is 0.324 e. The molecule has 0 fully saturated rings. The van der Waals surface area contributed by atoms with Crippen molar-refractivity contribution < 1.29 is 9.42 Å². The number of anilines is 1. The van der Waals surface area contributed by atoms with Crippen molar-refractivity contribution in [1.29, 1.82) is 0 Å². The maximum Gasteiger partial charge on any atom is 0.226 e. The van der Waals surface area contributed by atoms with Crippen LogP contribution in [0.25, 0.3) is 0 Å². The monoisotopic (exact) mass is 368 g/mol. The third-order valence-corrected chi connectivity index (χ3v) is 4.07. The fourth-order valence-electron chi connectivity index (χ4n) is 1.51. The molecule has 2 rings (SSSR count). The van der Waals surface area contributed by atoms with Gasteiger partial charge in [0.2, 0.25) is 5.96 Å². The molecule has 0 aliphatic rings. The Bertz CT molecular complexity index is 676. The number of guanidine groups is 1. The van der Waals surface area contributed by atoms with Gasteiger partial charge in [0.15, 0.2) is 5.82 Å². The summed E-state index contributed by atoms with van der Waals surface area (Å²) in [5, 5.41) is 12.0. The molecule has 0 spiro atoms. The Morgan fingerprint density at radius 2 is 2.05 bits per heavy atom. The Morgan fingerprint density at radius 3 is 2.62 bits per heavy atom. The Balaban J connectivity index is 2.19. The van der Waals surface area contributed by atoms with Gasteiger partial charge in [-0.1, -0.05) is 0 Å². The van der Waals surface area contributed by atoms with E-state index < -0.39 is 10.8 Å². The lowest BCUT2D eigenvalue weighted by molar-refractivity contribution is 0.234. The molecule has 1 heterocycles. The van der Waals surface area contributed by atoms with E-state index in [0.29, 0.717) is 16.0 Å². The Morgan fingerprint density at radius 1 is 1.33 bits per heavy atom. The molecule has 6 nitrogen and oxygen atoms in total. The van der Waals surface area contributed by atoms with E-state index in [0.717, 1.165) is 4.90 Å². The van der Waals surface area contributed by atoms with Crippen LogP contribution in [0.1, 0.15) is 0 Å². The topological polar surface area (TPSA) is 86.6 Å². The number of aromatic nitrogens is 1. The Labute approximate surface area is 132 Å². The minimum absolute atomic E-state index is 0.125. The third kappa shape index (κ3) is 4.35. The lowest BCUT2D eigenvalue weighted by Gasteiger charge is -2.09. The van der Waals surface area contributed by atoms with E-state index in [1.54, 1.807) is 48.9 Å². The van der Waals surface area contributed by atoms with Gasteiger partial charge >= 0.3 is 0 Å². The number of halogens is 1. The molecular formula is C13H13BrN4O2S. The summed E-state index contributed by atoms with van der Waals surface area (Å²) in [4.78, 5) is 8.96. The van der Waals surface area contributed by atoms with Crippen LogP contribution in [0, 0.1) is 0 Å². The van der Waals surface area contributed by atoms with Crippen molar-refractivity contribution in [3.8, 4) is 0 Å². The summed E-state index contributed by atoms with van der Waals surface area (Å²) in [5.74, 6) is 0.549. The van der Waals surface area contributed by atoms with Gasteiger partial charge in [-0.25, -0.2) is 10.5 Å². The van der Waals surface area contributed by atoms with Gasteiger partial charge in [-0.15, -0.1) is 0 Å². The van der Waals surface area contributed by atoms with Gasteiger partial charge in [-0.05, 0) is 52.3 Å². The van der Waals surface area contributed by atoms with Gasteiger partial charge in [0, 0.05) is 33.8 Å². The first-order valence-corrected chi connectivity index (χ1v) is 8.25. The zero-order valence-electron chi connectivity index (χ0n) is 11.1. The second-order valence-electron chi connectivity index (χ2n) is 3.98. The van der Waals surface area contributed by atoms with Gasteiger partial charge < -0.3 is 5.32 Å². The number of rotatable bonds is 3. The predicted octanol–water partition coefficient (Wildman–Crippen LogP) is 2.66. The zero-order valence-corrected chi connectivity index (χ0v) is 13.5. The second-order valence-corrected chi connectivity index (χ2v) is 6.22. The molecule has 2 aromatic rings. The van der Waals surface area contributed by atoms with Crippen LogP contribution in [-0.4, -0.2) is 26.6 Å². The van der Waals surface area contributed by atoms with E-state index in [2.05, 4.69) is 31.2 Å². The molecule has 0 radical (unpaired) electrons. The van der Waals surface area contributed by atoms with Crippen LogP contribution in [0.4, 0.5) is 11.5 Å². The Kier molecular flexibility index (Phi) is 5.43. The molecular weight excluding hydrogens is 356 g/mol. The maximum atomic E-state index is 11.3. The maximum absolute atomic E-state index is 11.3. The van der Waals surface area contributed by atoms with Crippen molar-refractivity contribution in [2.75, 3.05) is 11.6 Å². The predicted molar refractivity (Wildman–Crippen MR) is 86.4 cm³/mol. The van der Waals surface area contributed by atoms with Crippen molar-refractivity contribution in [1.82, 2.24) is 10.5 Å². The van der Waals surface area contributed by atoms with E-state index >= 15 is 0 Å². The van der Waals surface area contributed by atoms with Crippen LogP contribution < -0.4 is 10.8 Å². The standard InChI is InChI=1S/C13H13BrN4O2S/c1-21(20)10-6-4-9(5-7-10)16-13(18-19)17-12-11(14)3-2-8-15-12/h2-8,19H,1H3,(H2,15,16,17,18). The number of aliphatic imine (C=N–C) groups is 1. The average Bonchev–Trinajstić information content (AvgIpc) is 2.49. The average molecular weight is 369 g/mol. The highest BCUT2D eigenvalue weighted by Gasteiger charge is 2.04. The summed E-state index contributed by atoms with van der Waals surface area (Å²) in [5.41, 5.74) is 2.67. The van der Waals surface area contributed by atoms with Crippen molar-refractivity contribution >= 4 is 44.2 Å². The molecule has 0 saturated carbocycles. The molecule has 1 aromatic heterocycles. The van der Waals surface area contributed by atoms with Crippen molar-refractivity contribution in [2.24, 2.45) is 4.99 Å². The normalized spacial score (nSPS) is 12.8. The third-order valence-electron chi connectivity index (χ3n) is 2.51. The number of benzene rings is 1. The first-order chi connectivity index (χ1) is 10.1. The second kappa shape index (κ2) is 7.30. The number of pyridine rings is 1. The summed E-state index contributed by atoms with van der Waals surface area (Å²) in [6.45, 7) is 0. The number of nitrogens with zero attached hydrogens (tertiary/aromatic N) is 2. The highest BCUT2D eigenvalue weighted by Crippen LogP contribution is 2.21. The molecule has 0 aliphatic carbocycles. The molecule has 0 aliphatic heterocycles. The highest BCUT2D eigenvalue weighted by molar-refractivity contribution is 9.10. The molecule has 1 aromatic carbocycles. The van der Waals surface area contributed by atoms with Gasteiger partial charge in [0.05, 0.1) is 4.47 Å². The van der Waals surface area contributed by atoms with Crippen LogP contribution >= 0.6 is 15.9 Å². The van der Waals surface area contributed by atoms with E-state index in [9.17, 15) is 4.21 Å². The first-order valence-electron chi connectivity index (χ1n) is 5.90. The minimum Gasteiger partial charge on any atom is -0.324 e. The molecule has 3 N–H and O–H groups in total. The van der Waals surface area contributed by atoms with Gasteiger partial charge in [0.1, 0.15) is 0 Å². The quantitative estimate of drug-likeness (QED) is 0.440. The first kappa shape index (κ1) is 15.6. The summed E-state index contributed by atoms with van der Waals surface area (Å²) in [6, 6.07) is 10.5. The van der Waals surface area contributed by atoms with Gasteiger partial charge in [-0.3, -0.25) is 9.42 Å². The number of hydrogen-bond acceptors (Lipinski definition) is 4. The van der Waals surface area contributed by atoms with Crippen LogP contribution in [0.15, 0.2) is 57.0 Å². The smallest absolute Gasteiger partial charge is 0.226 e. The number of hydrogen-bond donors (Lipinski definition) is 3. The summed E-state index contributed by atoms with van der Waals surface area (Å²) in [6.07, 6.45) is 3.22. The Hall–Kier alpha value is -1.77. The van der Waals surface area contributed by atoms with Crippen molar-refractivity contribution in [3.05, 3.63) is 47.1 Å². The van der Waals surface area contributed by atoms with E-state index in [4.69, 9.17) is 5.21 Å². The molecule has 21 heavy (non-hydrogen) atoms. The van der Waals surface area contributed by atoms with E-state index in [-0.39, 0.29) is 5.96 Å². The zero-order chi connectivity index (χ0) is 15.2. The van der Waals surface area contributed by atoms with E-state index in [1.165, 1.54) is 0 Å². The fraction of sp³-hybridized carbons (Fsp3) is 0.0769.